The second-order valence-electron chi connectivity index (χ2n) is 6.84. The van der Waals surface area contributed by atoms with Gasteiger partial charge in [-0.05, 0) is 62.2 Å². The minimum atomic E-state index is -0.746. The first-order chi connectivity index (χ1) is 13.6. The molecule has 0 spiro atoms. The Morgan fingerprint density at radius 3 is 2.41 bits per heavy atom. The molecule has 1 aromatic carbocycles. The maximum Gasteiger partial charge on any atom is 0.337 e. The van der Waals surface area contributed by atoms with Gasteiger partial charge in [0, 0.05) is 24.1 Å². The van der Waals surface area contributed by atoms with Crippen molar-refractivity contribution in [1.29, 1.82) is 0 Å². The molecule has 0 bridgehead atoms. The number of likely N-dealkylation sites (N-methyl/N-ethyl adjacent to an activating group) is 1. The van der Waals surface area contributed by atoms with Gasteiger partial charge in [-0.1, -0.05) is 0 Å². The van der Waals surface area contributed by atoms with Crippen LogP contribution >= 0.6 is 0 Å². The number of barbiturate groups is 1. The van der Waals surface area contributed by atoms with Crippen LogP contribution in [0.5, 0.6) is 0 Å². The van der Waals surface area contributed by atoms with Crippen molar-refractivity contribution in [2.24, 2.45) is 0 Å². The van der Waals surface area contributed by atoms with Gasteiger partial charge in [0.05, 0.1) is 12.7 Å². The molecule has 8 heteroatoms. The van der Waals surface area contributed by atoms with Crippen LogP contribution < -0.4 is 5.32 Å². The zero-order valence-corrected chi connectivity index (χ0v) is 16.8. The lowest BCUT2D eigenvalue weighted by Gasteiger charge is -2.22. The van der Waals surface area contributed by atoms with E-state index in [1.165, 1.54) is 20.2 Å². The van der Waals surface area contributed by atoms with Crippen molar-refractivity contribution >= 4 is 29.9 Å². The van der Waals surface area contributed by atoms with E-state index < -0.39 is 23.8 Å². The molecule has 0 unspecified atom stereocenters. The maximum absolute atomic E-state index is 12.3. The van der Waals surface area contributed by atoms with Gasteiger partial charge in [0.1, 0.15) is 5.57 Å². The molecule has 1 N–H and O–H groups in total. The van der Waals surface area contributed by atoms with Gasteiger partial charge in [0.15, 0.2) is 0 Å². The van der Waals surface area contributed by atoms with Crippen LogP contribution in [0.15, 0.2) is 29.8 Å². The molecular formula is C21H21N3O5. The average Bonchev–Trinajstić information content (AvgIpc) is 2.96. The average molecular weight is 395 g/mol. The number of rotatable bonds is 3. The molecule has 3 rings (SSSR count). The number of ether oxygens (including phenoxy) is 1. The summed E-state index contributed by atoms with van der Waals surface area (Å²) in [7, 11) is 2.65. The van der Waals surface area contributed by atoms with Crippen molar-refractivity contribution in [3.63, 3.8) is 0 Å². The highest BCUT2D eigenvalue weighted by atomic mass is 16.5. The smallest absolute Gasteiger partial charge is 0.337 e. The van der Waals surface area contributed by atoms with Crippen molar-refractivity contribution < 1.29 is 23.9 Å². The van der Waals surface area contributed by atoms with Gasteiger partial charge in [-0.15, -0.1) is 0 Å². The zero-order valence-electron chi connectivity index (χ0n) is 16.8. The standard InChI is InChI=1S/C21H21N3O5/c1-11-8-14(20(27)29-5)6-7-17(11)24-12(2)9-15(13(24)3)10-16-18(25)22-21(28)23(4)19(16)26/h6-10H,1-5H3,(H,22,25,28)/b16-10-. The number of benzene rings is 1. The van der Waals surface area contributed by atoms with Gasteiger partial charge in [-0.2, -0.15) is 0 Å². The molecule has 1 aromatic heterocycles. The first-order valence-corrected chi connectivity index (χ1v) is 8.89. The molecule has 4 amide bonds. The summed E-state index contributed by atoms with van der Waals surface area (Å²) in [6.07, 6.45) is 1.48. The Morgan fingerprint density at radius 2 is 1.79 bits per heavy atom. The summed E-state index contributed by atoms with van der Waals surface area (Å²) in [5, 5.41) is 2.14. The van der Waals surface area contributed by atoms with E-state index in [4.69, 9.17) is 4.74 Å². The second kappa shape index (κ2) is 7.38. The lowest BCUT2D eigenvalue weighted by Crippen LogP contribution is -2.52. The third-order valence-corrected chi connectivity index (χ3v) is 4.93. The highest BCUT2D eigenvalue weighted by Gasteiger charge is 2.33. The number of esters is 1. The van der Waals surface area contributed by atoms with Gasteiger partial charge in [-0.25, -0.2) is 9.59 Å². The number of aromatic nitrogens is 1. The minimum absolute atomic E-state index is 0.106. The number of methoxy groups -OCH3 is 1. The summed E-state index contributed by atoms with van der Waals surface area (Å²) in [6, 6.07) is 6.36. The number of hydrogen-bond acceptors (Lipinski definition) is 5. The summed E-state index contributed by atoms with van der Waals surface area (Å²) < 4.78 is 6.73. The number of hydrogen-bond donors (Lipinski definition) is 1. The highest BCUT2D eigenvalue weighted by molar-refractivity contribution is 6.30. The Hall–Kier alpha value is -3.68. The number of carbonyl (C=O) groups excluding carboxylic acids is 4. The van der Waals surface area contributed by atoms with Crippen LogP contribution in [0.4, 0.5) is 4.79 Å². The van der Waals surface area contributed by atoms with Gasteiger partial charge in [-0.3, -0.25) is 19.8 Å². The van der Waals surface area contributed by atoms with Crippen LogP contribution in [0.25, 0.3) is 11.8 Å². The molecule has 0 saturated carbocycles. The predicted octanol–water partition coefficient (Wildman–Crippen LogP) is 2.28. The Morgan fingerprint density at radius 1 is 1.10 bits per heavy atom. The quantitative estimate of drug-likeness (QED) is 0.488. The van der Waals surface area contributed by atoms with E-state index in [1.807, 2.05) is 37.5 Å². The van der Waals surface area contributed by atoms with Crippen molar-refractivity contribution in [3.8, 4) is 5.69 Å². The van der Waals surface area contributed by atoms with E-state index in [-0.39, 0.29) is 5.57 Å². The van der Waals surface area contributed by atoms with E-state index in [1.54, 1.807) is 12.1 Å². The third kappa shape index (κ3) is 3.44. The van der Waals surface area contributed by atoms with Gasteiger partial charge >= 0.3 is 12.0 Å². The monoisotopic (exact) mass is 395 g/mol. The Kier molecular flexibility index (Phi) is 5.11. The van der Waals surface area contributed by atoms with Crippen molar-refractivity contribution in [3.05, 3.63) is 57.9 Å². The fourth-order valence-corrected chi connectivity index (χ4v) is 3.36. The largest absolute Gasteiger partial charge is 0.465 e. The van der Waals surface area contributed by atoms with Crippen LogP contribution in [0.2, 0.25) is 0 Å². The summed E-state index contributed by atoms with van der Waals surface area (Å²) in [6.45, 7) is 5.66. The van der Waals surface area contributed by atoms with Crippen LogP contribution in [0.3, 0.4) is 0 Å². The molecule has 2 aromatic rings. The van der Waals surface area contributed by atoms with E-state index in [2.05, 4.69) is 5.32 Å². The maximum atomic E-state index is 12.3. The number of urea groups is 1. The van der Waals surface area contributed by atoms with E-state index in [9.17, 15) is 19.2 Å². The molecule has 150 valence electrons. The second-order valence-corrected chi connectivity index (χ2v) is 6.84. The summed E-state index contributed by atoms with van der Waals surface area (Å²) >= 11 is 0. The molecule has 1 aliphatic rings. The summed E-state index contributed by atoms with van der Waals surface area (Å²) in [5.41, 5.74) is 4.45. The Labute approximate surface area is 167 Å². The third-order valence-electron chi connectivity index (χ3n) is 4.93. The van der Waals surface area contributed by atoms with Gasteiger partial charge in [0.2, 0.25) is 0 Å². The van der Waals surface area contributed by atoms with Crippen molar-refractivity contribution in [2.45, 2.75) is 20.8 Å². The molecule has 1 saturated heterocycles. The molecule has 1 fully saturated rings. The molecular weight excluding hydrogens is 374 g/mol. The molecule has 1 aliphatic heterocycles. The highest BCUT2D eigenvalue weighted by Crippen LogP contribution is 2.26. The fourth-order valence-electron chi connectivity index (χ4n) is 3.36. The number of aryl methyl sites for hydroxylation is 2. The van der Waals surface area contributed by atoms with Crippen LogP contribution in [-0.2, 0) is 14.3 Å². The summed E-state index contributed by atoms with van der Waals surface area (Å²) in [4.78, 5) is 48.6. The molecule has 0 aliphatic carbocycles. The molecule has 0 atom stereocenters. The minimum Gasteiger partial charge on any atom is -0.465 e. The number of nitrogens with one attached hydrogen (secondary N) is 1. The van der Waals surface area contributed by atoms with Gasteiger partial charge < -0.3 is 9.30 Å². The molecule has 29 heavy (non-hydrogen) atoms. The Bertz CT molecular complexity index is 1090. The predicted molar refractivity (Wildman–Crippen MR) is 106 cm³/mol. The first kappa shape index (κ1) is 20.1. The van der Waals surface area contributed by atoms with E-state index in [0.717, 1.165) is 27.5 Å². The fraction of sp³-hybridized carbons (Fsp3) is 0.238. The van der Waals surface area contributed by atoms with Crippen molar-refractivity contribution in [1.82, 2.24) is 14.8 Å². The van der Waals surface area contributed by atoms with E-state index >= 15 is 0 Å². The number of nitrogens with zero attached hydrogens (tertiary/aromatic N) is 2. The van der Waals surface area contributed by atoms with E-state index in [0.29, 0.717) is 11.1 Å². The van der Waals surface area contributed by atoms with Crippen LogP contribution in [0.1, 0.15) is 32.9 Å². The van der Waals surface area contributed by atoms with Gasteiger partial charge in [0.25, 0.3) is 11.8 Å². The van der Waals surface area contributed by atoms with Crippen LogP contribution in [0, 0.1) is 20.8 Å². The van der Waals surface area contributed by atoms with Crippen molar-refractivity contribution in [2.75, 3.05) is 14.2 Å². The molecule has 2 heterocycles. The molecule has 0 radical (unpaired) electrons. The molecule has 8 nitrogen and oxygen atoms in total. The SMILES string of the molecule is COC(=O)c1ccc(-n2c(C)cc(/C=C3/C(=O)NC(=O)N(C)C3=O)c2C)c(C)c1. The topological polar surface area (TPSA) is 97.7 Å². The Balaban J connectivity index is 2.06. The number of amides is 4. The normalized spacial score (nSPS) is 15.7. The lowest BCUT2D eigenvalue weighted by atomic mass is 10.1. The first-order valence-electron chi connectivity index (χ1n) is 8.89. The van der Waals surface area contributed by atoms with Crippen LogP contribution in [-0.4, -0.2) is 47.4 Å². The number of imide groups is 2. The number of carbonyl (C=O) groups is 4. The summed E-state index contributed by atoms with van der Waals surface area (Å²) in [5.74, 6) is -1.78. The lowest BCUT2D eigenvalue weighted by molar-refractivity contribution is -0.129. The zero-order chi connectivity index (χ0) is 21.5.